The molecule has 1 aliphatic heterocycles. The molecular formula is C20H23ClN4O2. The number of nitrogens with zero attached hydrogens (tertiary/aromatic N) is 3. The van der Waals surface area contributed by atoms with E-state index in [-0.39, 0.29) is 5.91 Å². The van der Waals surface area contributed by atoms with Crippen LogP contribution < -0.4 is 10.2 Å². The average Bonchev–Trinajstić information content (AvgIpc) is 3.21. The Kier molecular flexibility index (Phi) is 5.27. The fourth-order valence-electron chi connectivity index (χ4n) is 3.96. The molecule has 2 fully saturated rings. The summed E-state index contributed by atoms with van der Waals surface area (Å²) < 4.78 is 5.35. The largest absolute Gasteiger partial charge is 0.378 e. The highest BCUT2D eigenvalue weighted by atomic mass is 35.5. The Balaban J connectivity index is 1.50. The molecule has 1 saturated carbocycles. The summed E-state index contributed by atoms with van der Waals surface area (Å²) in [6.45, 7) is 2.94. The second-order valence-electron chi connectivity index (χ2n) is 7.12. The number of hydrogen-bond donors (Lipinski definition) is 1. The van der Waals surface area contributed by atoms with E-state index in [0.717, 1.165) is 44.3 Å². The second-order valence-corrected chi connectivity index (χ2v) is 7.56. The molecule has 27 heavy (non-hydrogen) atoms. The van der Waals surface area contributed by atoms with Crippen molar-refractivity contribution in [3.8, 4) is 0 Å². The number of hydrogen-bond acceptors (Lipinski definition) is 5. The summed E-state index contributed by atoms with van der Waals surface area (Å²) in [7, 11) is 0. The Bertz CT molecular complexity index is 783. The highest BCUT2D eigenvalue weighted by Crippen LogP contribution is 2.42. The third-order valence-corrected chi connectivity index (χ3v) is 5.73. The first-order chi connectivity index (χ1) is 13.2. The summed E-state index contributed by atoms with van der Waals surface area (Å²) in [5, 5.41) is 3.71. The summed E-state index contributed by atoms with van der Waals surface area (Å²) in [4.78, 5) is 24.1. The maximum Gasteiger partial charge on any atom is 0.235 e. The fourth-order valence-corrected chi connectivity index (χ4v) is 4.08. The van der Waals surface area contributed by atoms with Gasteiger partial charge in [-0.3, -0.25) is 4.79 Å². The third-order valence-electron chi connectivity index (χ3n) is 5.48. The zero-order valence-electron chi connectivity index (χ0n) is 15.2. The van der Waals surface area contributed by atoms with Gasteiger partial charge in [0.25, 0.3) is 0 Å². The van der Waals surface area contributed by atoms with Crippen LogP contribution in [0.4, 0.5) is 11.6 Å². The maximum absolute atomic E-state index is 13.2. The van der Waals surface area contributed by atoms with Crippen molar-refractivity contribution in [2.24, 2.45) is 0 Å². The molecule has 1 amide bonds. The van der Waals surface area contributed by atoms with Gasteiger partial charge in [-0.1, -0.05) is 36.6 Å². The first-order valence-corrected chi connectivity index (χ1v) is 9.77. The van der Waals surface area contributed by atoms with Crippen LogP contribution in [0.3, 0.4) is 0 Å². The first-order valence-electron chi connectivity index (χ1n) is 9.40. The number of anilines is 2. The number of carbonyl (C=O) groups excluding carboxylic acids is 1. The fraction of sp³-hybridized carbons (Fsp3) is 0.450. The average molecular weight is 387 g/mol. The molecule has 1 aliphatic carbocycles. The second kappa shape index (κ2) is 7.82. The molecule has 1 aromatic heterocycles. The van der Waals surface area contributed by atoms with Crippen LogP contribution in [0.15, 0.2) is 36.7 Å². The van der Waals surface area contributed by atoms with E-state index in [2.05, 4.69) is 20.2 Å². The summed E-state index contributed by atoms with van der Waals surface area (Å²) in [6, 6.07) is 7.63. The molecule has 2 aromatic rings. The minimum Gasteiger partial charge on any atom is -0.378 e. The Hall–Kier alpha value is -2.18. The molecule has 6 nitrogen and oxygen atoms in total. The van der Waals surface area contributed by atoms with Gasteiger partial charge >= 0.3 is 0 Å². The predicted molar refractivity (Wildman–Crippen MR) is 105 cm³/mol. The van der Waals surface area contributed by atoms with Crippen LogP contribution in [0.5, 0.6) is 0 Å². The van der Waals surface area contributed by atoms with Crippen LogP contribution in [0.1, 0.15) is 31.2 Å². The molecule has 0 atom stereocenters. The first kappa shape index (κ1) is 18.2. The molecule has 142 valence electrons. The summed E-state index contributed by atoms with van der Waals surface area (Å²) in [5.74, 6) is 0.676. The van der Waals surface area contributed by atoms with Gasteiger partial charge in [-0.15, -0.1) is 0 Å². The summed E-state index contributed by atoms with van der Waals surface area (Å²) in [6.07, 6.45) is 7.13. The summed E-state index contributed by atoms with van der Waals surface area (Å²) in [5.41, 5.74) is 1.14. The molecule has 2 heterocycles. The number of benzene rings is 1. The number of rotatable bonds is 4. The number of nitrogens with one attached hydrogen (secondary N) is 1. The van der Waals surface area contributed by atoms with Crippen molar-refractivity contribution in [2.75, 3.05) is 36.5 Å². The molecule has 0 bridgehead atoms. The zero-order valence-corrected chi connectivity index (χ0v) is 15.9. The number of morpholine rings is 1. The lowest BCUT2D eigenvalue weighted by Gasteiger charge is -2.29. The molecule has 0 spiro atoms. The number of carbonyl (C=O) groups is 1. The molecule has 4 rings (SSSR count). The Morgan fingerprint density at radius 2 is 1.70 bits per heavy atom. The SMILES string of the molecule is O=C(Nc1cnc(N2CCOCC2)nc1)C1(c2ccc(Cl)cc2)CCCC1. The topological polar surface area (TPSA) is 67.4 Å². The summed E-state index contributed by atoms with van der Waals surface area (Å²) >= 11 is 6.02. The van der Waals surface area contributed by atoms with Crippen molar-refractivity contribution < 1.29 is 9.53 Å². The molecule has 1 N–H and O–H groups in total. The van der Waals surface area contributed by atoms with Crippen molar-refractivity contribution in [1.82, 2.24) is 9.97 Å². The Morgan fingerprint density at radius 3 is 2.33 bits per heavy atom. The quantitative estimate of drug-likeness (QED) is 0.872. The van der Waals surface area contributed by atoms with Gasteiger partial charge in [0.05, 0.1) is 36.7 Å². The number of amides is 1. The maximum atomic E-state index is 13.2. The zero-order chi connectivity index (χ0) is 18.7. The van der Waals surface area contributed by atoms with Gasteiger partial charge in [-0.25, -0.2) is 9.97 Å². The smallest absolute Gasteiger partial charge is 0.235 e. The van der Waals surface area contributed by atoms with E-state index in [1.807, 2.05) is 24.3 Å². The van der Waals surface area contributed by atoms with Gasteiger partial charge in [0, 0.05) is 18.1 Å². The normalized spacial score (nSPS) is 19.1. The van der Waals surface area contributed by atoms with E-state index < -0.39 is 5.41 Å². The lowest BCUT2D eigenvalue weighted by molar-refractivity contribution is -0.121. The Morgan fingerprint density at radius 1 is 1.07 bits per heavy atom. The van der Waals surface area contributed by atoms with Crippen LogP contribution >= 0.6 is 11.6 Å². The van der Waals surface area contributed by atoms with Gasteiger partial charge in [-0.05, 0) is 30.5 Å². The van der Waals surface area contributed by atoms with E-state index in [4.69, 9.17) is 16.3 Å². The van der Waals surface area contributed by atoms with Crippen LogP contribution in [0.2, 0.25) is 5.02 Å². The van der Waals surface area contributed by atoms with E-state index >= 15 is 0 Å². The van der Waals surface area contributed by atoms with Crippen molar-refractivity contribution in [3.63, 3.8) is 0 Å². The minimum atomic E-state index is -0.506. The highest BCUT2D eigenvalue weighted by molar-refractivity contribution is 6.30. The lowest BCUT2D eigenvalue weighted by Crippen LogP contribution is -2.38. The standard InChI is InChI=1S/C20H23ClN4O2/c21-16-5-3-15(4-6-16)20(7-1-2-8-20)18(26)24-17-13-22-19(23-14-17)25-9-11-27-12-10-25/h3-6,13-14H,1-2,7-12H2,(H,24,26). The van der Waals surface area contributed by atoms with E-state index in [0.29, 0.717) is 29.9 Å². The van der Waals surface area contributed by atoms with Crippen LogP contribution in [-0.2, 0) is 14.9 Å². The third kappa shape index (κ3) is 3.77. The van der Waals surface area contributed by atoms with Crippen LogP contribution in [0, 0.1) is 0 Å². The van der Waals surface area contributed by atoms with E-state index in [1.54, 1.807) is 12.4 Å². The molecule has 7 heteroatoms. The molecule has 1 saturated heterocycles. The van der Waals surface area contributed by atoms with Crippen molar-refractivity contribution in [1.29, 1.82) is 0 Å². The van der Waals surface area contributed by atoms with E-state index in [1.165, 1.54) is 0 Å². The molecule has 1 aromatic carbocycles. The monoisotopic (exact) mass is 386 g/mol. The number of ether oxygens (including phenoxy) is 1. The minimum absolute atomic E-state index is 0.00467. The van der Waals surface area contributed by atoms with Crippen molar-refractivity contribution in [2.45, 2.75) is 31.1 Å². The van der Waals surface area contributed by atoms with Gasteiger partial charge in [0.15, 0.2) is 0 Å². The molecule has 0 unspecified atom stereocenters. The molecular weight excluding hydrogens is 364 g/mol. The number of halogens is 1. The van der Waals surface area contributed by atoms with Crippen LogP contribution in [0.25, 0.3) is 0 Å². The van der Waals surface area contributed by atoms with Gasteiger partial charge < -0.3 is 15.0 Å². The molecule has 2 aliphatic rings. The molecule has 0 radical (unpaired) electrons. The van der Waals surface area contributed by atoms with Crippen LogP contribution in [-0.4, -0.2) is 42.2 Å². The van der Waals surface area contributed by atoms with Crippen molar-refractivity contribution in [3.05, 3.63) is 47.2 Å². The Labute approximate surface area is 163 Å². The van der Waals surface area contributed by atoms with Gasteiger partial charge in [0.2, 0.25) is 11.9 Å². The van der Waals surface area contributed by atoms with Gasteiger partial charge in [0.1, 0.15) is 0 Å². The van der Waals surface area contributed by atoms with E-state index in [9.17, 15) is 4.79 Å². The predicted octanol–water partition coefficient (Wildman–Crippen LogP) is 3.42. The van der Waals surface area contributed by atoms with Crippen molar-refractivity contribution >= 4 is 29.1 Å². The lowest BCUT2D eigenvalue weighted by atomic mass is 9.78. The highest BCUT2D eigenvalue weighted by Gasteiger charge is 2.42. The number of aromatic nitrogens is 2. The van der Waals surface area contributed by atoms with Gasteiger partial charge in [-0.2, -0.15) is 0 Å².